The van der Waals surface area contributed by atoms with E-state index in [2.05, 4.69) is 0 Å². The van der Waals surface area contributed by atoms with Crippen LogP contribution < -0.4 is 4.90 Å². The molecule has 0 spiro atoms. The lowest BCUT2D eigenvalue weighted by atomic mass is 10.2. The number of halogens is 2. The number of rotatable bonds is 6. The van der Waals surface area contributed by atoms with Crippen molar-refractivity contribution in [3.8, 4) is 0 Å². The minimum absolute atomic E-state index is 0.0600. The number of sulfonamides is 1. The molecule has 9 heteroatoms. The van der Waals surface area contributed by atoms with Crippen molar-refractivity contribution in [2.75, 3.05) is 44.7 Å². The van der Waals surface area contributed by atoms with Gasteiger partial charge in [0.1, 0.15) is 10.7 Å². The number of amides is 1. The van der Waals surface area contributed by atoms with Gasteiger partial charge in [-0.2, -0.15) is 4.31 Å². The maximum Gasteiger partial charge on any atom is 0.253 e. The predicted octanol–water partition coefficient (Wildman–Crippen LogP) is 3.47. The molecule has 162 valence electrons. The molecule has 0 aliphatic carbocycles. The molecular weight excluding hydrogens is 429 g/mol. The Bertz CT molecular complexity index is 1010. The zero-order valence-electron chi connectivity index (χ0n) is 17.0. The van der Waals surface area contributed by atoms with E-state index in [0.717, 1.165) is 12.1 Å². The number of carbonyl (C=O) groups excluding carboxylic acids is 1. The summed E-state index contributed by atoms with van der Waals surface area (Å²) in [5.41, 5.74) is 1.14. The van der Waals surface area contributed by atoms with Crippen molar-refractivity contribution in [3.63, 3.8) is 0 Å². The highest BCUT2D eigenvalue weighted by Crippen LogP contribution is 2.28. The second-order valence-corrected chi connectivity index (χ2v) is 9.55. The molecule has 2 aromatic rings. The normalized spacial score (nSPS) is 15.3. The Morgan fingerprint density at radius 1 is 1.10 bits per heavy atom. The van der Waals surface area contributed by atoms with Gasteiger partial charge in [0.25, 0.3) is 5.91 Å². The lowest BCUT2D eigenvalue weighted by Gasteiger charge is -2.35. The van der Waals surface area contributed by atoms with Crippen LogP contribution in [0.3, 0.4) is 0 Å². The van der Waals surface area contributed by atoms with Crippen LogP contribution in [0, 0.1) is 5.82 Å². The summed E-state index contributed by atoms with van der Waals surface area (Å²) in [6.07, 6.45) is 0.805. The Hall–Kier alpha value is -2.16. The number of benzene rings is 2. The molecule has 1 aliphatic heterocycles. The first-order chi connectivity index (χ1) is 14.2. The molecule has 1 saturated heterocycles. The van der Waals surface area contributed by atoms with E-state index in [-0.39, 0.29) is 34.7 Å². The van der Waals surface area contributed by atoms with Gasteiger partial charge in [-0.25, -0.2) is 12.8 Å². The third-order valence-corrected chi connectivity index (χ3v) is 7.51. The van der Waals surface area contributed by atoms with Crippen LogP contribution in [-0.4, -0.2) is 63.3 Å². The maximum atomic E-state index is 13.2. The first-order valence-electron chi connectivity index (χ1n) is 9.79. The molecule has 3 rings (SSSR count). The highest BCUT2D eigenvalue weighted by atomic mass is 35.5. The molecular formula is C21H25ClFN3O3S. The van der Waals surface area contributed by atoms with E-state index in [4.69, 9.17) is 11.6 Å². The molecule has 1 fully saturated rings. The lowest BCUT2D eigenvalue weighted by molar-refractivity contribution is 0.0795. The van der Waals surface area contributed by atoms with E-state index in [0.29, 0.717) is 25.2 Å². The Kier molecular flexibility index (Phi) is 7.00. The second kappa shape index (κ2) is 9.32. The first-order valence-corrected chi connectivity index (χ1v) is 11.6. The van der Waals surface area contributed by atoms with Crippen LogP contribution in [0.2, 0.25) is 5.02 Å². The van der Waals surface area contributed by atoms with Gasteiger partial charge < -0.3 is 9.80 Å². The highest BCUT2D eigenvalue weighted by Gasteiger charge is 2.31. The van der Waals surface area contributed by atoms with Gasteiger partial charge in [-0.15, -0.1) is 0 Å². The van der Waals surface area contributed by atoms with Crippen LogP contribution in [-0.2, 0) is 10.0 Å². The molecule has 2 aromatic carbocycles. The van der Waals surface area contributed by atoms with Crippen molar-refractivity contribution >= 4 is 33.2 Å². The topological polar surface area (TPSA) is 60.9 Å². The van der Waals surface area contributed by atoms with E-state index in [9.17, 15) is 17.6 Å². The average Bonchev–Trinajstić information content (AvgIpc) is 2.74. The molecule has 1 heterocycles. The molecule has 0 N–H and O–H groups in total. The number of piperazine rings is 1. The molecule has 0 saturated carbocycles. The lowest BCUT2D eigenvalue weighted by Crippen LogP contribution is -2.48. The molecule has 6 nitrogen and oxygen atoms in total. The minimum atomic E-state index is -3.86. The molecule has 1 amide bonds. The fourth-order valence-corrected chi connectivity index (χ4v) is 5.39. The van der Waals surface area contributed by atoms with Crippen LogP contribution in [0.1, 0.15) is 23.7 Å². The SMILES string of the molecule is CCCN(C)C(=O)c1ccc(Cl)c(S(=O)(=O)N2CCN(c3ccc(F)cc3)CC2)c1. The smallest absolute Gasteiger partial charge is 0.253 e. The number of anilines is 1. The number of carbonyl (C=O) groups is 1. The largest absolute Gasteiger partial charge is 0.369 e. The summed E-state index contributed by atoms with van der Waals surface area (Å²) in [5, 5.41) is 0.0886. The van der Waals surface area contributed by atoms with Gasteiger partial charge in [0.2, 0.25) is 10.0 Å². The second-order valence-electron chi connectivity index (χ2n) is 7.24. The molecule has 1 aliphatic rings. The molecule has 30 heavy (non-hydrogen) atoms. The van der Waals surface area contributed by atoms with Gasteiger partial charge in [-0.05, 0) is 48.9 Å². The van der Waals surface area contributed by atoms with Gasteiger partial charge in [-0.1, -0.05) is 18.5 Å². The van der Waals surface area contributed by atoms with E-state index < -0.39 is 10.0 Å². The van der Waals surface area contributed by atoms with Crippen molar-refractivity contribution in [3.05, 3.63) is 58.9 Å². The highest BCUT2D eigenvalue weighted by molar-refractivity contribution is 7.89. The van der Waals surface area contributed by atoms with Crippen LogP contribution in [0.15, 0.2) is 47.4 Å². The van der Waals surface area contributed by atoms with E-state index in [1.807, 2.05) is 11.8 Å². The monoisotopic (exact) mass is 453 g/mol. The van der Waals surface area contributed by atoms with Crippen molar-refractivity contribution < 1.29 is 17.6 Å². The predicted molar refractivity (Wildman–Crippen MR) is 116 cm³/mol. The Labute approximate surface area is 181 Å². The maximum absolute atomic E-state index is 13.2. The van der Waals surface area contributed by atoms with Crippen LogP contribution in [0.25, 0.3) is 0 Å². The number of hydrogen-bond donors (Lipinski definition) is 0. The van der Waals surface area contributed by atoms with Gasteiger partial charge in [-0.3, -0.25) is 4.79 Å². The Balaban J connectivity index is 1.78. The molecule has 0 radical (unpaired) electrons. The quantitative estimate of drug-likeness (QED) is 0.672. The van der Waals surface area contributed by atoms with Gasteiger partial charge in [0, 0.05) is 51.0 Å². The van der Waals surface area contributed by atoms with E-state index >= 15 is 0 Å². The van der Waals surface area contributed by atoms with Crippen LogP contribution in [0.5, 0.6) is 0 Å². The molecule has 0 unspecified atom stereocenters. The number of nitrogens with zero attached hydrogens (tertiary/aromatic N) is 3. The summed E-state index contributed by atoms with van der Waals surface area (Å²) >= 11 is 6.21. The van der Waals surface area contributed by atoms with Crippen LogP contribution in [0.4, 0.5) is 10.1 Å². The third kappa shape index (κ3) is 4.77. The summed E-state index contributed by atoms with van der Waals surface area (Å²) < 4.78 is 40.9. The minimum Gasteiger partial charge on any atom is -0.369 e. The van der Waals surface area contributed by atoms with Crippen molar-refractivity contribution in [1.82, 2.24) is 9.21 Å². The fraction of sp³-hybridized carbons (Fsp3) is 0.381. The van der Waals surface area contributed by atoms with Gasteiger partial charge in [0.05, 0.1) is 5.02 Å². The average molecular weight is 454 g/mol. The van der Waals surface area contributed by atoms with Gasteiger partial charge in [0.15, 0.2) is 0 Å². The Morgan fingerprint density at radius 3 is 2.33 bits per heavy atom. The van der Waals surface area contributed by atoms with Crippen molar-refractivity contribution in [2.45, 2.75) is 18.2 Å². The van der Waals surface area contributed by atoms with Crippen molar-refractivity contribution in [1.29, 1.82) is 0 Å². The third-order valence-electron chi connectivity index (χ3n) is 5.13. The first kappa shape index (κ1) is 22.5. The van der Waals surface area contributed by atoms with E-state index in [1.165, 1.54) is 28.6 Å². The number of hydrogen-bond acceptors (Lipinski definition) is 4. The molecule has 0 aromatic heterocycles. The summed E-state index contributed by atoms with van der Waals surface area (Å²) in [7, 11) is -2.17. The molecule has 0 atom stereocenters. The van der Waals surface area contributed by atoms with Gasteiger partial charge >= 0.3 is 0 Å². The zero-order chi connectivity index (χ0) is 21.9. The standard InChI is InChI=1S/C21H25ClFN3O3S/c1-3-10-24(2)21(27)16-4-9-19(22)20(15-16)30(28,29)26-13-11-25(12-14-26)18-7-5-17(23)6-8-18/h4-9,15H,3,10-14H2,1-2H3. The summed E-state index contributed by atoms with van der Waals surface area (Å²) in [4.78, 5) is 16.1. The zero-order valence-corrected chi connectivity index (χ0v) is 18.6. The Morgan fingerprint density at radius 2 is 1.73 bits per heavy atom. The fourth-order valence-electron chi connectivity index (χ4n) is 3.47. The summed E-state index contributed by atoms with van der Waals surface area (Å²) in [6, 6.07) is 10.5. The van der Waals surface area contributed by atoms with E-state index in [1.54, 1.807) is 30.1 Å². The van der Waals surface area contributed by atoms with Crippen molar-refractivity contribution in [2.24, 2.45) is 0 Å². The molecule has 0 bridgehead atoms. The van der Waals surface area contributed by atoms with Crippen LogP contribution >= 0.6 is 11.6 Å². The summed E-state index contributed by atoms with van der Waals surface area (Å²) in [6.45, 7) is 4.02. The summed E-state index contributed by atoms with van der Waals surface area (Å²) in [5.74, 6) is -0.556.